The van der Waals surface area contributed by atoms with Crippen molar-refractivity contribution in [2.24, 2.45) is 10.7 Å². The number of amides is 1. The first-order valence-corrected chi connectivity index (χ1v) is 8.57. The van der Waals surface area contributed by atoms with Gasteiger partial charge in [0.25, 0.3) is 5.91 Å². The number of aliphatic imine (C=N–C) groups is 1. The zero-order chi connectivity index (χ0) is 18.1. The summed E-state index contributed by atoms with van der Waals surface area (Å²) in [6.45, 7) is 3.99. The third-order valence-corrected chi connectivity index (χ3v) is 4.98. The Bertz CT molecular complexity index is 1100. The van der Waals surface area contributed by atoms with Crippen LogP contribution in [0.5, 0.6) is 0 Å². The molecule has 1 spiro atoms. The van der Waals surface area contributed by atoms with E-state index in [1.165, 1.54) is 0 Å². The summed E-state index contributed by atoms with van der Waals surface area (Å²) in [5, 5.41) is 3.00. The molecule has 7 heteroatoms. The highest BCUT2D eigenvalue weighted by Crippen LogP contribution is 2.48. The fourth-order valence-corrected chi connectivity index (χ4v) is 4.01. The van der Waals surface area contributed by atoms with E-state index in [2.05, 4.69) is 15.3 Å². The van der Waals surface area contributed by atoms with Crippen LogP contribution >= 0.6 is 0 Å². The van der Waals surface area contributed by atoms with Gasteiger partial charge in [-0.25, -0.2) is 9.98 Å². The maximum atomic E-state index is 13.7. The molecule has 0 aliphatic carbocycles. The molecule has 1 atom stereocenters. The second-order valence-corrected chi connectivity index (χ2v) is 6.84. The molecule has 0 radical (unpaired) electrons. The third-order valence-electron chi connectivity index (χ3n) is 4.98. The molecule has 7 nitrogen and oxygen atoms in total. The van der Waals surface area contributed by atoms with Crippen LogP contribution < -0.4 is 16.0 Å². The molecule has 0 bridgehead atoms. The van der Waals surface area contributed by atoms with Gasteiger partial charge in [0.05, 0.1) is 16.7 Å². The van der Waals surface area contributed by atoms with E-state index in [0.29, 0.717) is 5.95 Å². The monoisotopic (exact) mass is 346 g/mol. The molecule has 1 amide bonds. The summed E-state index contributed by atoms with van der Waals surface area (Å²) in [7, 11) is 0. The number of nitrogens with two attached hydrogens (primary N) is 1. The van der Waals surface area contributed by atoms with Gasteiger partial charge in [-0.05, 0) is 32.0 Å². The second-order valence-electron chi connectivity index (χ2n) is 6.84. The molecule has 2 aliphatic rings. The smallest absolute Gasteiger partial charge is 0.281 e. The van der Waals surface area contributed by atoms with E-state index in [1.807, 2.05) is 66.9 Å². The van der Waals surface area contributed by atoms with Crippen molar-refractivity contribution in [2.45, 2.75) is 25.6 Å². The number of carbonyl (C=O) groups excluding carboxylic acids is 1. The summed E-state index contributed by atoms with van der Waals surface area (Å²) >= 11 is 0. The number of fused-ring (bicyclic) bond motifs is 6. The number of hydrogen-bond acceptors (Lipinski definition) is 5. The Hall–Kier alpha value is -3.35. The van der Waals surface area contributed by atoms with Gasteiger partial charge in [-0.3, -0.25) is 14.7 Å². The molecule has 0 saturated carbocycles. The van der Waals surface area contributed by atoms with Crippen LogP contribution in [-0.4, -0.2) is 27.5 Å². The Kier molecular flexibility index (Phi) is 2.79. The Morgan fingerprint density at radius 2 is 1.85 bits per heavy atom. The maximum absolute atomic E-state index is 13.7. The van der Waals surface area contributed by atoms with Crippen molar-refractivity contribution in [3.8, 4) is 0 Å². The molecule has 3 heterocycles. The lowest BCUT2D eigenvalue weighted by Gasteiger charge is -2.32. The van der Waals surface area contributed by atoms with Crippen LogP contribution in [0.15, 0.2) is 53.5 Å². The lowest BCUT2D eigenvalue weighted by atomic mass is 10.00. The van der Waals surface area contributed by atoms with E-state index < -0.39 is 5.66 Å². The lowest BCUT2D eigenvalue weighted by Crippen LogP contribution is -2.51. The minimum atomic E-state index is -1.28. The number of guanidine groups is 1. The number of rotatable bonds is 1. The van der Waals surface area contributed by atoms with Gasteiger partial charge in [-0.2, -0.15) is 0 Å². The Labute approximate surface area is 150 Å². The number of nitrogens with one attached hydrogen (secondary N) is 1. The number of nitrogens with zero attached hydrogens (tertiary/aromatic N) is 4. The van der Waals surface area contributed by atoms with Gasteiger partial charge < -0.3 is 10.6 Å². The number of para-hydroxylation sites is 3. The minimum absolute atomic E-state index is 0.00688. The third kappa shape index (κ3) is 1.64. The van der Waals surface area contributed by atoms with Crippen LogP contribution in [-0.2, 0) is 10.5 Å². The first-order valence-electron chi connectivity index (χ1n) is 8.57. The molecule has 0 saturated heterocycles. The molecule has 0 fully saturated rings. The second kappa shape index (κ2) is 4.85. The van der Waals surface area contributed by atoms with Gasteiger partial charge in [0.1, 0.15) is 0 Å². The van der Waals surface area contributed by atoms with Crippen molar-refractivity contribution < 1.29 is 4.79 Å². The van der Waals surface area contributed by atoms with E-state index >= 15 is 0 Å². The molecule has 3 N–H and O–H groups in total. The zero-order valence-electron chi connectivity index (χ0n) is 14.5. The zero-order valence-corrected chi connectivity index (χ0v) is 14.5. The van der Waals surface area contributed by atoms with Gasteiger partial charge in [-0.1, -0.05) is 30.3 Å². The Morgan fingerprint density at radius 3 is 2.65 bits per heavy atom. The average Bonchev–Trinajstić information content (AvgIpc) is 3.09. The van der Waals surface area contributed by atoms with E-state index in [0.717, 1.165) is 22.3 Å². The number of benzene rings is 2. The van der Waals surface area contributed by atoms with Crippen molar-refractivity contribution >= 4 is 34.5 Å². The van der Waals surface area contributed by atoms with E-state index in [4.69, 9.17) is 5.73 Å². The fraction of sp³-hybridized carbons (Fsp3) is 0.211. The van der Waals surface area contributed by atoms with Crippen molar-refractivity contribution in [3.63, 3.8) is 0 Å². The molecular formula is C19H18N6O. The Balaban J connectivity index is 1.92. The first kappa shape index (κ1) is 14.9. The van der Waals surface area contributed by atoms with Crippen LogP contribution in [0.1, 0.15) is 19.4 Å². The highest BCUT2D eigenvalue weighted by atomic mass is 16.2. The van der Waals surface area contributed by atoms with Gasteiger partial charge in [0.15, 0.2) is 5.96 Å². The summed E-state index contributed by atoms with van der Waals surface area (Å²) in [5.74, 6) is 0.580. The first-order chi connectivity index (χ1) is 12.5. The largest absolute Gasteiger partial charge is 0.370 e. The molecule has 2 aliphatic heterocycles. The van der Waals surface area contributed by atoms with E-state index in [9.17, 15) is 4.79 Å². The summed E-state index contributed by atoms with van der Waals surface area (Å²) in [4.78, 5) is 24.8. The van der Waals surface area contributed by atoms with Crippen molar-refractivity contribution in [3.05, 3.63) is 54.1 Å². The van der Waals surface area contributed by atoms with Crippen molar-refractivity contribution in [1.29, 1.82) is 0 Å². The van der Waals surface area contributed by atoms with Crippen LogP contribution in [0.3, 0.4) is 0 Å². The molecule has 26 heavy (non-hydrogen) atoms. The number of hydrogen-bond donors (Lipinski definition) is 2. The van der Waals surface area contributed by atoms with Crippen LogP contribution in [0.4, 0.5) is 11.6 Å². The molecule has 1 aromatic heterocycles. The summed E-state index contributed by atoms with van der Waals surface area (Å²) in [6.07, 6.45) is 0. The van der Waals surface area contributed by atoms with Crippen LogP contribution in [0.2, 0.25) is 0 Å². The van der Waals surface area contributed by atoms with Gasteiger partial charge in [0, 0.05) is 11.6 Å². The summed E-state index contributed by atoms with van der Waals surface area (Å²) in [6, 6.07) is 15.4. The quantitative estimate of drug-likeness (QED) is 0.707. The Morgan fingerprint density at radius 1 is 1.12 bits per heavy atom. The lowest BCUT2D eigenvalue weighted by molar-refractivity contribution is -0.124. The standard InChI is InChI=1S/C19H18N6O/c1-11(2)24-14-9-5-3-7-12(14)19(16(24)26)23-17(20)22-18-21-13-8-4-6-10-15(13)25(18)19/h3-11H,1-2H3,(H3,20,21,22,23)/t19-/m0/s1. The van der Waals surface area contributed by atoms with Gasteiger partial charge in [0.2, 0.25) is 11.6 Å². The highest BCUT2D eigenvalue weighted by molar-refractivity contribution is 6.12. The minimum Gasteiger partial charge on any atom is -0.370 e. The number of anilines is 2. The van der Waals surface area contributed by atoms with E-state index in [-0.39, 0.29) is 17.9 Å². The molecule has 2 aromatic carbocycles. The highest BCUT2D eigenvalue weighted by Gasteiger charge is 2.56. The number of carbonyl (C=O) groups is 1. The predicted octanol–water partition coefficient (Wildman–Crippen LogP) is 2.23. The van der Waals surface area contributed by atoms with Gasteiger partial charge >= 0.3 is 0 Å². The maximum Gasteiger partial charge on any atom is 0.281 e. The number of imidazole rings is 1. The van der Waals surface area contributed by atoms with Gasteiger partial charge in [-0.15, -0.1) is 0 Å². The van der Waals surface area contributed by atoms with Crippen molar-refractivity contribution in [2.75, 3.05) is 10.2 Å². The molecule has 5 rings (SSSR count). The molecular weight excluding hydrogens is 328 g/mol. The fourth-order valence-electron chi connectivity index (χ4n) is 4.01. The molecule has 3 aromatic rings. The topological polar surface area (TPSA) is 88.5 Å². The van der Waals surface area contributed by atoms with Crippen LogP contribution in [0, 0.1) is 0 Å². The van der Waals surface area contributed by atoms with Crippen LogP contribution in [0.25, 0.3) is 11.0 Å². The SMILES string of the molecule is CC(C)N1C(=O)[C@]2(N=C(N)Nc3nc4ccccc4n32)c2ccccc21. The summed E-state index contributed by atoms with van der Waals surface area (Å²) < 4.78 is 1.86. The van der Waals surface area contributed by atoms with E-state index in [1.54, 1.807) is 4.90 Å². The molecule has 130 valence electrons. The number of aromatic nitrogens is 2. The normalized spacial score (nSPS) is 21.1. The van der Waals surface area contributed by atoms with Crippen molar-refractivity contribution in [1.82, 2.24) is 9.55 Å². The summed E-state index contributed by atoms with van der Waals surface area (Å²) in [5.41, 5.74) is 8.09. The average molecular weight is 346 g/mol. The molecule has 0 unspecified atom stereocenters. The predicted molar refractivity (Wildman–Crippen MR) is 101 cm³/mol.